The Morgan fingerprint density at radius 3 is 2.78 bits per heavy atom. The molecule has 1 aliphatic rings. The number of aryl methyl sites for hydroxylation is 2. The topological polar surface area (TPSA) is 42.2 Å². The van der Waals surface area contributed by atoms with Crippen molar-refractivity contribution in [1.29, 1.82) is 0 Å². The summed E-state index contributed by atoms with van der Waals surface area (Å²) >= 11 is 0. The van der Waals surface area contributed by atoms with E-state index in [9.17, 15) is 4.79 Å². The van der Waals surface area contributed by atoms with E-state index in [1.165, 1.54) is 0 Å². The van der Waals surface area contributed by atoms with Crippen LogP contribution in [0.4, 0.5) is 0 Å². The summed E-state index contributed by atoms with van der Waals surface area (Å²) in [5.41, 5.74) is 4.48. The van der Waals surface area contributed by atoms with E-state index in [1.807, 2.05) is 19.9 Å². The molecule has 18 heavy (non-hydrogen) atoms. The van der Waals surface area contributed by atoms with E-state index < -0.39 is 0 Å². The second kappa shape index (κ2) is 4.84. The van der Waals surface area contributed by atoms with Crippen LogP contribution < -0.4 is 10.9 Å². The van der Waals surface area contributed by atoms with Crippen molar-refractivity contribution in [2.45, 2.75) is 33.6 Å². The molecule has 2 heterocycles. The molecule has 0 amide bonds. The summed E-state index contributed by atoms with van der Waals surface area (Å²) in [5, 5.41) is 3.35. The van der Waals surface area contributed by atoms with E-state index in [0.717, 1.165) is 41.8 Å². The summed E-state index contributed by atoms with van der Waals surface area (Å²) in [6, 6.07) is 1.89. The normalized spacial score (nSPS) is 15.5. The molecule has 96 valence electrons. The van der Waals surface area contributed by atoms with Crippen LogP contribution in [-0.2, 0) is 0 Å². The zero-order valence-corrected chi connectivity index (χ0v) is 11.2. The SMILES string of the molecule is C=C(C)C1=C(c2oc(=O)c(C)cc2C)CCCN1. The summed E-state index contributed by atoms with van der Waals surface area (Å²) in [4.78, 5) is 11.7. The molecule has 0 unspecified atom stereocenters. The largest absolute Gasteiger partial charge is 0.423 e. The molecule has 0 bridgehead atoms. The van der Waals surface area contributed by atoms with Crippen molar-refractivity contribution in [3.8, 4) is 0 Å². The predicted molar refractivity (Wildman–Crippen MR) is 73.4 cm³/mol. The Hall–Kier alpha value is -1.77. The van der Waals surface area contributed by atoms with E-state index in [2.05, 4.69) is 11.9 Å². The first-order valence-corrected chi connectivity index (χ1v) is 6.25. The smallest absolute Gasteiger partial charge is 0.339 e. The van der Waals surface area contributed by atoms with E-state index in [1.54, 1.807) is 6.92 Å². The van der Waals surface area contributed by atoms with Gasteiger partial charge in [0.25, 0.3) is 0 Å². The lowest BCUT2D eigenvalue weighted by molar-refractivity contribution is 0.482. The number of rotatable bonds is 2. The lowest BCUT2D eigenvalue weighted by Crippen LogP contribution is -2.22. The molecule has 3 nitrogen and oxygen atoms in total. The number of nitrogens with one attached hydrogen (secondary N) is 1. The van der Waals surface area contributed by atoms with Gasteiger partial charge < -0.3 is 9.73 Å². The van der Waals surface area contributed by atoms with Gasteiger partial charge in [-0.1, -0.05) is 6.58 Å². The highest BCUT2D eigenvalue weighted by Crippen LogP contribution is 2.30. The first-order chi connectivity index (χ1) is 8.50. The molecule has 1 aromatic heterocycles. The van der Waals surface area contributed by atoms with Gasteiger partial charge in [-0.05, 0) is 50.8 Å². The minimum absolute atomic E-state index is 0.255. The average molecular weight is 245 g/mol. The third-order valence-electron chi connectivity index (χ3n) is 3.22. The van der Waals surface area contributed by atoms with Gasteiger partial charge in [0.1, 0.15) is 5.76 Å². The highest BCUT2D eigenvalue weighted by atomic mass is 16.4. The Morgan fingerprint density at radius 2 is 2.11 bits per heavy atom. The first kappa shape index (κ1) is 12.7. The van der Waals surface area contributed by atoms with E-state index >= 15 is 0 Å². The van der Waals surface area contributed by atoms with Crippen LogP contribution in [0.25, 0.3) is 5.57 Å². The maximum absolute atomic E-state index is 11.7. The van der Waals surface area contributed by atoms with Crippen molar-refractivity contribution in [2.75, 3.05) is 6.54 Å². The molecule has 0 saturated carbocycles. The fourth-order valence-electron chi connectivity index (χ4n) is 2.35. The minimum Gasteiger partial charge on any atom is -0.423 e. The molecule has 0 spiro atoms. The van der Waals surface area contributed by atoms with Crippen LogP contribution in [0.5, 0.6) is 0 Å². The van der Waals surface area contributed by atoms with Gasteiger partial charge in [0.15, 0.2) is 0 Å². The molecule has 1 N–H and O–H groups in total. The van der Waals surface area contributed by atoms with Crippen LogP contribution in [0.1, 0.15) is 36.7 Å². The van der Waals surface area contributed by atoms with Crippen LogP contribution in [0.15, 0.2) is 33.1 Å². The van der Waals surface area contributed by atoms with Gasteiger partial charge in [-0.3, -0.25) is 0 Å². The van der Waals surface area contributed by atoms with Crippen molar-refractivity contribution in [2.24, 2.45) is 0 Å². The summed E-state index contributed by atoms with van der Waals surface area (Å²) in [7, 11) is 0. The van der Waals surface area contributed by atoms with E-state index in [4.69, 9.17) is 4.42 Å². The van der Waals surface area contributed by atoms with Crippen molar-refractivity contribution < 1.29 is 4.42 Å². The number of allylic oxidation sites excluding steroid dienone is 2. The van der Waals surface area contributed by atoms with Gasteiger partial charge in [0.2, 0.25) is 0 Å². The highest BCUT2D eigenvalue weighted by molar-refractivity contribution is 5.71. The molecule has 2 rings (SSSR count). The van der Waals surface area contributed by atoms with Crippen LogP contribution in [0.3, 0.4) is 0 Å². The Labute approximate surface area is 107 Å². The maximum atomic E-state index is 11.7. The number of hydrogen-bond acceptors (Lipinski definition) is 3. The van der Waals surface area contributed by atoms with E-state index in [-0.39, 0.29) is 5.63 Å². The van der Waals surface area contributed by atoms with Crippen molar-refractivity contribution >= 4 is 5.57 Å². The van der Waals surface area contributed by atoms with Crippen LogP contribution >= 0.6 is 0 Å². The fourth-order valence-corrected chi connectivity index (χ4v) is 2.35. The Bertz CT molecular complexity index is 579. The van der Waals surface area contributed by atoms with Gasteiger partial charge >= 0.3 is 5.63 Å². The van der Waals surface area contributed by atoms with E-state index in [0.29, 0.717) is 11.3 Å². The Balaban J connectivity index is 2.63. The average Bonchev–Trinajstić information content (AvgIpc) is 2.34. The molecule has 0 fully saturated rings. The molecule has 0 radical (unpaired) electrons. The third kappa shape index (κ3) is 2.26. The summed E-state index contributed by atoms with van der Waals surface area (Å²) in [6.45, 7) is 10.6. The standard InChI is InChI=1S/C15H19NO2/c1-9(2)13-12(6-5-7-16-13)14-10(3)8-11(4)15(17)18-14/h8,16H,1,5-7H2,2-4H3. The Kier molecular flexibility index (Phi) is 3.41. The maximum Gasteiger partial charge on any atom is 0.339 e. The van der Waals surface area contributed by atoms with Gasteiger partial charge in [-0.25, -0.2) is 4.79 Å². The molecule has 0 aromatic carbocycles. The van der Waals surface area contributed by atoms with Crippen LogP contribution in [-0.4, -0.2) is 6.54 Å². The molecule has 1 aromatic rings. The zero-order valence-electron chi connectivity index (χ0n) is 11.2. The number of hydrogen-bond donors (Lipinski definition) is 1. The molecule has 0 aliphatic carbocycles. The lowest BCUT2D eigenvalue weighted by atomic mass is 9.95. The quantitative estimate of drug-likeness (QED) is 0.871. The molecule has 0 atom stereocenters. The van der Waals surface area contributed by atoms with Gasteiger partial charge in [-0.15, -0.1) is 0 Å². The van der Waals surface area contributed by atoms with Crippen LogP contribution in [0.2, 0.25) is 0 Å². The summed E-state index contributed by atoms with van der Waals surface area (Å²) in [5.74, 6) is 0.704. The minimum atomic E-state index is -0.255. The summed E-state index contributed by atoms with van der Waals surface area (Å²) < 4.78 is 5.46. The van der Waals surface area contributed by atoms with Gasteiger partial charge in [0, 0.05) is 23.4 Å². The second-order valence-corrected chi connectivity index (χ2v) is 4.89. The Morgan fingerprint density at radius 1 is 1.39 bits per heavy atom. The molecular formula is C15H19NO2. The molecular weight excluding hydrogens is 226 g/mol. The fraction of sp³-hybridized carbons (Fsp3) is 0.400. The van der Waals surface area contributed by atoms with Gasteiger partial charge in [0.05, 0.1) is 0 Å². The highest BCUT2D eigenvalue weighted by Gasteiger charge is 2.19. The lowest BCUT2D eigenvalue weighted by Gasteiger charge is -2.22. The van der Waals surface area contributed by atoms with Crippen molar-refractivity contribution in [3.63, 3.8) is 0 Å². The predicted octanol–water partition coefficient (Wildman–Crippen LogP) is 2.93. The van der Waals surface area contributed by atoms with Crippen molar-refractivity contribution in [1.82, 2.24) is 5.32 Å². The summed E-state index contributed by atoms with van der Waals surface area (Å²) in [6.07, 6.45) is 1.96. The third-order valence-corrected chi connectivity index (χ3v) is 3.22. The monoisotopic (exact) mass is 245 g/mol. The first-order valence-electron chi connectivity index (χ1n) is 6.25. The zero-order chi connectivity index (χ0) is 13.3. The second-order valence-electron chi connectivity index (χ2n) is 4.89. The van der Waals surface area contributed by atoms with Crippen molar-refractivity contribution in [3.05, 3.63) is 51.2 Å². The van der Waals surface area contributed by atoms with Crippen LogP contribution in [0, 0.1) is 13.8 Å². The molecule has 1 aliphatic heterocycles. The molecule has 0 saturated heterocycles. The van der Waals surface area contributed by atoms with Gasteiger partial charge in [-0.2, -0.15) is 0 Å². The molecule has 3 heteroatoms.